The number of cyclic esters (lactones) is 2. The molecule has 4 atom stereocenters. The summed E-state index contributed by atoms with van der Waals surface area (Å²) < 4.78 is 5.10. The van der Waals surface area contributed by atoms with E-state index in [0.717, 1.165) is 0 Å². The first-order valence-corrected chi connectivity index (χ1v) is 7.80. The van der Waals surface area contributed by atoms with Crippen molar-refractivity contribution < 1.29 is 14.3 Å². The van der Waals surface area contributed by atoms with E-state index in [0.29, 0.717) is 0 Å². The molecule has 1 saturated carbocycles. The lowest BCUT2D eigenvalue weighted by Crippen LogP contribution is -2.66. The van der Waals surface area contributed by atoms with Gasteiger partial charge in [-0.3, -0.25) is 9.59 Å². The average Bonchev–Trinajstić information content (AvgIpc) is 2.67. The van der Waals surface area contributed by atoms with Crippen molar-refractivity contribution in [3.05, 3.63) is 10.9 Å². The highest BCUT2D eigenvalue weighted by Crippen LogP contribution is 2.85. The van der Waals surface area contributed by atoms with Crippen molar-refractivity contribution in [2.45, 2.75) is 21.1 Å². The van der Waals surface area contributed by atoms with E-state index in [1.54, 1.807) is 0 Å². The molecule has 1 saturated heterocycles. The summed E-state index contributed by atoms with van der Waals surface area (Å²) in [6.07, 6.45) is 0. The fourth-order valence-electron chi connectivity index (χ4n) is 5.90. The van der Waals surface area contributed by atoms with Crippen LogP contribution in [0.25, 0.3) is 0 Å². The first kappa shape index (κ1) is 15.3. The minimum atomic E-state index is -0.346. The molecule has 3 nitrogen and oxygen atoms in total. The van der Waals surface area contributed by atoms with Crippen LogP contribution in [0.3, 0.4) is 0 Å². The molecule has 21 heavy (non-hydrogen) atoms. The van der Waals surface area contributed by atoms with E-state index in [2.05, 4.69) is 62.8 Å². The van der Waals surface area contributed by atoms with Crippen molar-refractivity contribution in [1.29, 1.82) is 0 Å². The molecule has 0 aromatic carbocycles. The third-order valence-electron chi connectivity index (χ3n) is 8.57. The number of hydrogen-bond acceptors (Lipinski definition) is 3. The molecule has 2 unspecified atom stereocenters. The van der Waals surface area contributed by atoms with Crippen molar-refractivity contribution >= 4 is 74.7 Å². The first-order valence-electron chi connectivity index (χ1n) is 7.80. The minimum absolute atomic E-state index is 0.108. The lowest BCUT2D eigenvalue weighted by Gasteiger charge is -2.75. The van der Waals surface area contributed by atoms with Gasteiger partial charge in [-0.25, -0.2) is 0 Å². The van der Waals surface area contributed by atoms with Gasteiger partial charge in [-0.15, -0.1) is 10.9 Å². The second kappa shape index (κ2) is 3.65. The van der Waals surface area contributed by atoms with Crippen molar-refractivity contribution in [3.8, 4) is 0 Å². The van der Waals surface area contributed by atoms with Crippen LogP contribution in [-0.4, -0.2) is 74.7 Å². The largest absolute Gasteiger partial charge is 0.393 e. The Balaban J connectivity index is 2.46. The SMILES string of the molecule is BC1=C(B)C2(B)[C@H]3C(=O)OC(=O)[C@H]3C1(B)C(B)(B)C2(B)B. The molecule has 4 rings (SSSR count). The van der Waals surface area contributed by atoms with E-state index in [-0.39, 0.29) is 44.8 Å². The van der Waals surface area contributed by atoms with Crippen LogP contribution in [0.15, 0.2) is 10.9 Å². The fraction of sp³-hybridized carbons (Fsp3) is 0.600. The van der Waals surface area contributed by atoms with Gasteiger partial charge in [0, 0.05) is 0 Å². The summed E-state index contributed by atoms with van der Waals surface area (Å²) in [5.41, 5.74) is 2.53. The van der Waals surface area contributed by atoms with Gasteiger partial charge < -0.3 is 4.74 Å². The first-order chi connectivity index (χ1) is 9.36. The Morgan fingerprint density at radius 1 is 0.714 bits per heavy atom. The van der Waals surface area contributed by atoms with Gasteiger partial charge in [0.25, 0.3) is 0 Å². The zero-order chi connectivity index (χ0) is 16.2. The molecule has 0 amide bonds. The van der Waals surface area contributed by atoms with Crippen LogP contribution in [0.2, 0.25) is 21.1 Å². The van der Waals surface area contributed by atoms with Crippen LogP contribution >= 0.6 is 0 Å². The van der Waals surface area contributed by atoms with E-state index in [9.17, 15) is 9.59 Å². The van der Waals surface area contributed by atoms with E-state index in [1.165, 1.54) is 10.9 Å². The standard InChI is InChI=1S/C10H18B8O3/c11-3-4(12)8(14)2-1(5(19)21-6(2)20)7(3,13)9(15,16)10(8,17)18/h1-2H,11-18H2/t1-,2+,7?,8?. The monoisotopic (exact) mass is 274 g/mol. The predicted molar refractivity (Wildman–Crippen MR) is 104 cm³/mol. The molecule has 11 heteroatoms. The third-order valence-corrected chi connectivity index (χ3v) is 8.57. The van der Waals surface area contributed by atoms with Crippen LogP contribution in [0.5, 0.6) is 0 Å². The number of ether oxygens (including phenoxy) is 1. The van der Waals surface area contributed by atoms with Crippen molar-refractivity contribution in [2.24, 2.45) is 11.8 Å². The van der Waals surface area contributed by atoms with Crippen LogP contribution in [0.1, 0.15) is 0 Å². The zero-order valence-electron chi connectivity index (χ0n) is 14.4. The molecule has 1 heterocycles. The van der Waals surface area contributed by atoms with Gasteiger partial charge >= 0.3 is 11.9 Å². The quantitative estimate of drug-likeness (QED) is 0.250. The number of esters is 2. The van der Waals surface area contributed by atoms with Gasteiger partial charge in [0.05, 0.1) is 43.2 Å². The number of allylic oxidation sites excluding steroid dienone is 2. The summed E-state index contributed by atoms with van der Waals surface area (Å²) in [5, 5.41) is -0.898. The topological polar surface area (TPSA) is 43.4 Å². The lowest BCUT2D eigenvalue weighted by atomic mass is 9.05. The smallest absolute Gasteiger partial charge is 0.317 e. The molecule has 3 aliphatic carbocycles. The van der Waals surface area contributed by atoms with Gasteiger partial charge in [0.1, 0.15) is 31.4 Å². The van der Waals surface area contributed by atoms with Crippen LogP contribution in [0.4, 0.5) is 0 Å². The number of rotatable bonds is 0. The van der Waals surface area contributed by atoms with E-state index < -0.39 is 0 Å². The Morgan fingerprint density at radius 3 is 1.29 bits per heavy atom. The summed E-state index contributed by atoms with van der Waals surface area (Å²) in [4.78, 5) is 24.9. The van der Waals surface area contributed by atoms with Crippen LogP contribution in [0, 0.1) is 11.8 Å². The zero-order valence-corrected chi connectivity index (χ0v) is 14.4. The molecular formula is C10H18B8O3. The Hall–Kier alpha value is -0.601. The normalized spacial score (nSPS) is 46.3. The molecule has 0 aromatic rings. The third kappa shape index (κ3) is 1.19. The summed E-state index contributed by atoms with van der Waals surface area (Å²) >= 11 is 0. The molecule has 2 bridgehead atoms. The number of carbonyl (C=O) groups is 2. The summed E-state index contributed by atoms with van der Waals surface area (Å²) in [5.74, 6) is -1.34. The van der Waals surface area contributed by atoms with E-state index >= 15 is 0 Å². The second-order valence-electron chi connectivity index (χ2n) is 8.60. The summed E-state index contributed by atoms with van der Waals surface area (Å²) in [7, 11) is 17.6. The Kier molecular flexibility index (Phi) is 2.66. The second-order valence-corrected chi connectivity index (χ2v) is 8.60. The maximum absolute atomic E-state index is 12.4. The predicted octanol–water partition coefficient (Wildman–Crippen LogP) is -6.84. The van der Waals surface area contributed by atoms with Gasteiger partial charge in [-0.05, 0) is 10.6 Å². The molecular weight excluding hydrogens is 255 g/mol. The number of fused-ring (bicyclic) bond motifs is 1. The molecule has 100 valence electrons. The average molecular weight is 273 g/mol. The molecule has 1 aliphatic heterocycles. The minimum Gasteiger partial charge on any atom is -0.393 e. The Labute approximate surface area is 133 Å². The maximum Gasteiger partial charge on any atom is 0.317 e. The fourth-order valence-corrected chi connectivity index (χ4v) is 5.90. The van der Waals surface area contributed by atoms with Crippen LogP contribution in [-0.2, 0) is 14.3 Å². The molecule has 4 aliphatic rings. The maximum atomic E-state index is 12.4. The van der Waals surface area contributed by atoms with Crippen LogP contribution < -0.4 is 0 Å². The van der Waals surface area contributed by atoms with Crippen molar-refractivity contribution in [1.82, 2.24) is 0 Å². The molecule has 0 spiro atoms. The summed E-state index contributed by atoms with van der Waals surface area (Å²) in [6, 6.07) is 0. The Bertz CT molecular complexity index is 576. The molecule has 0 N–H and O–H groups in total. The highest BCUT2D eigenvalue weighted by Gasteiger charge is 2.76. The van der Waals surface area contributed by atoms with Crippen molar-refractivity contribution in [3.63, 3.8) is 0 Å². The van der Waals surface area contributed by atoms with Crippen molar-refractivity contribution in [2.75, 3.05) is 0 Å². The highest BCUT2D eigenvalue weighted by molar-refractivity contribution is 6.64. The lowest BCUT2D eigenvalue weighted by molar-refractivity contribution is -0.153. The van der Waals surface area contributed by atoms with Gasteiger partial charge in [0.2, 0.25) is 0 Å². The van der Waals surface area contributed by atoms with Gasteiger partial charge in [0.15, 0.2) is 0 Å². The molecule has 0 radical (unpaired) electrons. The van der Waals surface area contributed by atoms with Gasteiger partial charge in [-0.1, -0.05) is 10.4 Å². The summed E-state index contributed by atoms with van der Waals surface area (Å²) in [6.45, 7) is 0. The molecule has 2 fully saturated rings. The van der Waals surface area contributed by atoms with Gasteiger partial charge in [-0.2, -0.15) is 0 Å². The number of hydrogen-bond donors (Lipinski definition) is 0. The molecule has 0 aromatic heterocycles. The highest BCUT2D eigenvalue weighted by atomic mass is 16.6. The van der Waals surface area contributed by atoms with E-state index in [1.807, 2.05) is 0 Å². The Morgan fingerprint density at radius 2 is 1.00 bits per heavy atom. The number of carbonyl (C=O) groups excluding carboxylic acids is 2. The van der Waals surface area contributed by atoms with E-state index in [4.69, 9.17) is 4.74 Å².